The third-order valence-electron chi connectivity index (χ3n) is 3.46. The highest BCUT2D eigenvalue weighted by Crippen LogP contribution is 2.27. The van der Waals surface area contributed by atoms with Gasteiger partial charge in [0.05, 0.1) is 5.56 Å². The van der Waals surface area contributed by atoms with Crippen molar-refractivity contribution >= 4 is 0 Å². The number of nitrogens with zero attached hydrogens (tertiary/aromatic N) is 2. The summed E-state index contributed by atoms with van der Waals surface area (Å²) in [5, 5.41) is 19.1. The molecule has 1 aliphatic carbocycles. The van der Waals surface area contributed by atoms with Gasteiger partial charge in [-0.25, -0.2) is 0 Å². The molecule has 1 saturated carbocycles. The van der Waals surface area contributed by atoms with E-state index < -0.39 is 6.10 Å². The maximum atomic E-state index is 10.1. The Morgan fingerprint density at radius 1 is 1.45 bits per heavy atom. The molecule has 0 saturated heterocycles. The molecule has 1 fully saturated rings. The highest BCUT2D eigenvalue weighted by atomic mass is 16.5. The first-order chi connectivity index (χ1) is 9.74. The van der Waals surface area contributed by atoms with Crippen molar-refractivity contribution in [3.63, 3.8) is 0 Å². The summed E-state index contributed by atoms with van der Waals surface area (Å²) in [5.74, 6) is 0.544. The van der Waals surface area contributed by atoms with Gasteiger partial charge in [-0.15, -0.1) is 0 Å². The highest BCUT2D eigenvalue weighted by molar-refractivity contribution is 5.42. The van der Waals surface area contributed by atoms with Gasteiger partial charge in [0.15, 0.2) is 0 Å². The summed E-state index contributed by atoms with van der Waals surface area (Å²) in [4.78, 5) is 2.34. The van der Waals surface area contributed by atoms with Gasteiger partial charge in [0.25, 0.3) is 0 Å². The van der Waals surface area contributed by atoms with E-state index in [9.17, 15) is 5.11 Å². The van der Waals surface area contributed by atoms with Gasteiger partial charge >= 0.3 is 0 Å². The minimum Gasteiger partial charge on any atom is -0.489 e. The van der Waals surface area contributed by atoms with Crippen LogP contribution in [0.2, 0.25) is 0 Å². The summed E-state index contributed by atoms with van der Waals surface area (Å²) in [5.41, 5.74) is 0.507. The molecule has 0 aliphatic heterocycles. The lowest BCUT2D eigenvalue weighted by molar-refractivity contribution is 0.0653. The number of hydrogen-bond donors (Lipinski definition) is 1. The lowest BCUT2D eigenvalue weighted by atomic mass is 10.2. The zero-order valence-electron chi connectivity index (χ0n) is 12.0. The molecule has 20 heavy (non-hydrogen) atoms. The van der Waals surface area contributed by atoms with E-state index in [0.717, 1.165) is 13.0 Å². The topological polar surface area (TPSA) is 56.5 Å². The second-order valence-corrected chi connectivity index (χ2v) is 5.30. The number of ether oxygens (including phenoxy) is 1. The van der Waals surface area contributed by atoms with Gasteiger partial charge in [-0.2, -0.15) is 5.26 Å². The molecule has 4 nitrogen and oxygen atoms in total. The Labute approximate surface area is 120 Å². The third kappa shape index (κ3) is 4.22. The van der Waals surface area contributed by atoms with Crippen molar-refractivity contribution in [3.05, 3.63) is 29.8 Å². The van der Waals surface area contributed by atoms with Crippen molar-refractivity contribution in [1.82, 2.24) is 4.90 Å². The SMILES string of the molecule is CCCN(CC(O)COc1ccccc1C#N)C1CC1. The van der Waals surface area contributed by atoms with Crippen molar-refractivity contribution < 1.29 is 9.84 Å². The summed E-state index contributed by atoms with van der Waals surface area (Å²) in [6.45, 7) is 4.05. The first-order valence-electron chi connectivity index (χ1n) is 7.28. The average Bonchev–Trinajstić information content (AvgIpc) is 3.29. The standard InChI is InChI=1S/C16H22N2O2/c1-2-9-18(14-7-8-14)11-15(19)12-20-16-6-4-3-5-13(16)10-17/h3-6,14-15,19H,2,7-9,11-12H2,1H3. The zero-order chi connectivity index (χ0) is 14.4. The lowest BCUT2D eigenvalue weighted by Gasteiger charge is -2.24. The summed E-state index contributed by atoms with van der Waals surface area (Å²) in [6.07, 6.45) is 3.06. The number of nitriles is 1. The number of aliphatic hydroxyl groups excluding tert-OH is 1. The van der Waals surface area contributed by atoms with Crippen LogP contribution < -0.4 is 4.74 Å². The minimum absolute atomic E-state index is 0.228. The van der Waals surface area contributed by atoms with Crippen LogP contribution in [-0.2, 0) is 0 Å². The molecule has 1 atom stereocenters. The second-order valence-electron chi connectivity index (χ2n) is 5.30. The quantitative estimate of drug-likeness (QED) is 0.789. The van der Waals surface area contributed by atoms with Crippen LogP contribution in [-0.4, -0.2) is 41.8 Å². The predicted molar refractivity (Wildman–Crippen MR) is 77.5 cm³/mol. The monoisotopic (exact) mass is 274 g/mol. The molecule has 0 amide bonds. The first kappa shape index (κ1) is 14.8. The van der Waals surface area contributed by atoms with Crippen LogP contribution >= 0.6 is 0 Å². The Morgan fingerprint density at radius 3 is 2.85 bits per heavy atom. The van der Waals surface area contributed by atoms with Crippen molar-refractivity contribution in [2.45, 2.75) is 38.3 Å². The molecule has 0 aromatic heterocycles. The molecule has 108 valence electrons. The van der Waals surface area contributed by atoms with E-state index in [1.165, 1.54) is 12.8 Å². The van der Waals surface area contributed by atoms with Crippen molar-refractivity contribution in [3.8, 4) is 11.8 Å². The van der Waals surface area contributed by atoms with E-state index in [-0.39, 0.29) is 6.61 Å². The Bertz CT molecular complexity index is 466. The van der Waals surface area contributed by atoms with Crippen molar-refractivity contribution in [2.24, 2.45) is 0 Å². The summed E-state index contributed by atoms with van der Waals surface area (Å²) >= 11 is 0. The van der Waals surface area contributed by atoms with Gasteiger partial charge in [-0.05, 0) is 37.9 Å². The van der Waals surface area contributed by atoms with Crippen LogP contribution in [0.5, 0.6) is 5.75 Å². The fourth-order valence-corrected chi connectivity index (χ4v) is 2.34. The fraction of sp³-hybridized carbons (Fsp3) is 0.562. The van der Waals surface area contributed by atoms with E-state index in [0.29, 0.717) is 23.9 Å². The molecule has 1 aliphatic rings. The van der Waals surface area contributed by atoms with Crippen LogP contribution in [0.1, 0.15) is 31.7 Å². The smallest absolute Gasteiger partial charge is 0.137 e. The van der Waals surface area contributed by atoms with E-state index in [1.54, 1.807) is 18.2 Å². The molecular formula is C16H22N2O2. The van der Waals surface area contributed by atoms with Crippen LogP contribution in [0.4, 0.5) is 0 Å². The number of benzene rings is 1. The molecule has 1 unspecified atom stereocenters. The molecule has 1 aromatic rings. The van der Waals surface area contributed by atoms with Crippen LogP contribution in [0.25, 0.3) is 0 Å². The fourth-order valence-electron chi connectivity index (χ4n) is 2.34. The highest BCUT2D eigenvalue weighted by Gasteiger charge is 2.29. The summed E-state index contributed by atoms with van der Waals surface area (Å²) in [7, 11) is 0. The molecule has 0 bridgehead atoms. The zero-order valence-corrected chi connectivity index (χ0v) is 12.0. The average molecular weight is 274 g/mol. The predicted octanol–water partition coefficient (Wildman–Crippen LogP) is 2.17. The van der Waals surface area contributed by atoms with Gasteiger partial charge in [-0.3, -0.25) is 4.90 Å². The Kier molecular flexibility index (Phi) is 5.40. The van der Waals surface area contributed by atoms with Crippen LogP contribution in [0.15, 0.2) is 24.3 Å². The van der Waals surface area contributed by atoms with Gasteiger partial charge in [0.1, 0.15) is 24.5 Å². The second kappa shape index (κ2) is 7.28. The molecule has 2 rings (SSSR count). The largest absolute Gasteiger partial charge is 0.489 e. The van der Waals surface area contributed by atoms with E-state index in [4.69, 9.17) is 10.00 Å². The molecule has 0 radical (unpaired) electrons. The normalized spacial score (nSPS) is 15.9. The summed E-state index contributed by atoms with van der Waals surface area (Å²) in [6, 6.07) is 9.85. The molecule has 4 heteroatoms. The number of rotatable bonds is 8. The Balaban J connectivity index is 1.82. The van der Waals surface area contributed by atoms with Crippen LogP contribution in [0, 0.1) is 11.3 Å². The summed E-state index contributed by atoms with van der Waals surface area (Å²) < 4.78 is 5.57. The first-order valence-corrected chi connectivity index (χ1v) is 7.28. The maximum absolute atomic E-state index is 10.1. The van der Waals surface area contributed by atoms with Gasteiger partial charge < -0.3 is 9.84 Å². The van der Waals surface area contributed by atoms with Crippen LogP contribution in [0.3, 0.4) is 0 Å². The van der Waals surface area contributed by atoms with Crippen molar-refractivity contribution in [2.75, 3.05) is 19.7 Å². The minimum atomic E-state index is -0.520. The maximum Gasteiger partial charge on any atom is 0.137 e. The van der Waals surface area contributed by atoms with Gasteiger partial charge in [0, 0.05) is 12.6 Å². The molecule has 1 N–H and O–H groups in total. The third-order valence-corrected chi connectivity index (χ3v) is 3.46. The van der Waals surface area contributed by atoms with E-state index in [1.807, 2.05) is 6.07 Å². The molecular weight excluding hydrogens is 252 g/mol. The van der Waals surface area contributed by atoms with Gasteiger partial charge in [0.2, 0.25) is 0 Å². The van der Waals surface area contributed by atoms with E-state index in [2.05, 4.69) is 17.9 Å². The molecule has 1 aromatic carbocycles. The van der Waals surface area contributed by atoms with Crippen molar-refractivity contribution in [1.29, 1.82) is 5.26 Å². The van der Waals surface area contributed by atoms with Gasteiger partial charge in [-0.1, -0.05) is 19.1 Å². The molecule has 0 spiro atoms. The Morgan fingerprint density at radius 2 is 2.20 bits per heavy atom. The number of para-hydroxylation sites is 1. The lowest BCUT2D eigenvalue weighted by Crippen LogP contribution is -2.37. The number of aliphatic hydroxyl groups is 1. The van der Waals surface area contributed by atoms with E-state index >= 15 is 0 Å². The molecule has 0 heterocycles. The number of hydrogen-bond acceptors (Lipinski definition) is 4. The Hall–Kier alpha value is -1.57.